The largest absolute Gasteiger partial charge is 0.477 e. The summed E-state index contributed by atoms with van der Waals surface area (Å²) in [4.78, 5) is 14.9. The lowest BCUT2D eigenvalue weighted by molar-refractivity contribution is 0.0693. The lowest BCUT2D eigenvalue weighted by Gasteiger charge is -2.08. The topological polar surface area (TPSA) is 59.4 Å². The molecule has 0 aliphatic carbocycles. The molecule has 0 aliphatic rings. The van der Waals surface area contributed by atoms with E-state index >= 15 is 0 Å². The normalized spacial score (nSPS) is 10.3. The molecule has 1 aromatic carbocycles. The first-order valence-electron chi connectivity index (χ1n) is 5.30. The first-order valence-corrected chi connectivity index (χ1v) is 6.09. The van der Waals surface area contributed by atoms with Gasteiger partial charge in [0.15, 0.2) is 0 Å². The highest BCUT2D eigenvalue weighted by molar-refractivity contribution is 9.10. The third kappa shape index (κ3) is 3.08. The number of carbonyl (C=O) groups is 1. The predicted molar refractivity (Wildman–Crippen MR) is 70.1 cm³/mol. The van der Waals surface area contributed by atoms with Gasteiger partial charge in [0.25, 0.3) is 0 Å². The number of carboxylic acid groups (broad SMARTS) is 1. The molecule has 0 fully saturated rings. The van der Waals surface area contributed by atoms with Gasteiger partial charge in [-0.15, -0.1) is 0 Å². The molecule has 2 rings (SSSR count). The molecule has 0 saturated carbocycles. The van der Waals surface area contributed by atoms with E-state index in [0.29, 0.717) is 10.0 Å². The van der Waals surface area contributed by atoms with Gasteiger partial charge in [-0.3, -0.25) is 0 Å². The van der Waals surface area contributed by atoms with Crippen LogP contribution in [0.2, 0.25) is 0 Å². The summed E-state index contributed by atoms with van der Waals surface area (Å²) >= 11 is 3.13. The van der Waals surface area contributed by atoms with Crippen molar-refractivity contribution in [3.63, 3.8) is 0 Å². The number of aromatic nitrogens is 1. The van der Waals surface area contributed by atoms with Gasteiger partial charge < -0.3 is 9.84 Å². The molecule has 1 N–H and O–H groups in total. The molecule has 0 saturated heterocycles. The number of hydrogen-bond acceptors (Lipinski definition) is 3. The van der Waals surface area contributed by atoms with Crippen LogP contribution in [0.25, 0.3) is 0 Å². The number of pyridine rings is 1. The Kier molecular flexibility index (Phi) is 3.80. The fourth-order valence-electron chi connectivity index (χ4n) is 1.41. The van der Waals surface area contributed by atoms with Crippen molar-refractivity contribution in [2.45, 2.75) is 6.92 Å². The quantitative estimate of drug-likeness (QED) is 0.932. The average molecular weight is 326 g/mol. The number of carboxylic acids is 1. The van der Waals surface area contributed by atoms with Crippen LogP contribution in [0.5, 0.6) is 11.6 Å². The zero-order chi connectivity index (χ0) is 14.0. The Labute approximate surface area is 117 Å². The Bertz CT molecular complexity index is 646. The first-order chi connectivity index (χ1) is 8.97. The summed E-state index contributed by atoms with van der Waals surface area (Å²) in [5, 5.41) is 9.05. The lowest BCUT2D eigenvalue weighted by Crippen LogP contribution is -2.02. The maximum Gasteiger partial charge on any atom is 0.341 e. The second-order valence-electron chi connectivity index (χ2n) is 3.82. The average Bonchev–Trinajstić information content (AvgIpc) is 2.36. The summed E-state index contributed by atoms with van der Waals surface area (Å²) in [5.74, 6) is -1.48. The highest BCUT2D eigenvalue weighted by Crippen LogP contribution is 2.26. The van der Waals surface area contributed by atoms with Crippen molar-refractivity contribution in [1.82, 2.24) is 4.98 Å². The van der Waals surface area contributed by atoms with Crippen LogP contribution in [0.3, 0.4) is 0 Å². The first kappa shape index (κ1) is 13.5. The van der Waals surface area contributed by atoms with Crippen LogP contribution in [0.1, 0.15) is 15.9 Å². The molecule has 6 heteroatoms. The summed E-state index contributed by atoms with van der Waals surface area (Å²) in [6.07, 6.45) is 1.41. The van der Waals surface area contributed by atoms with Crippen LogP contribution in [-0.4, -0.2) is 16.1 Å². The molecule has 1 heterocycles. The standard InChI is InChI=1S/C13H9BrFNO3/c1-7-2-3-9(5-11(7)15)19-12-10(13(17)18)4-8(14)6-16-12/h2-6H,1H3,(H,17,18). The van der Waals surface area contributed by atoms with Crippen LogP contribution in [0.4, 0.5) is 4.39 Å². The second kappa shape index (κ2) is 5.36. The molecule has 0 amide bonds. The Hall–Kier alpha value is -1.95. The van der Waals surface area contributed by atoms with E-state index in [0.717, 1.165) is 0 Å². The summed E-state index contributed by atoms with van der Waals surface area (Å²) in [6.45, 7) is 1.62. The highest BCUT2D eigenvalue weighted by Gasteiger charge is 2.14. The number of hydrogen-bond donors (Lipinski definition) is 1. The molecule has 0 radical (unpaired) electrons. The van der Waals surface area contributed by atoms with Crippen LogP contribution in [0, 0.1) is 12.7 Å². The van der Waals surface area contributed by atoms with Crippen LogP contribution >= 0.6 is 15.9 Å². The zero-order valence-corrected chi connectivity index (χ0v) is 11.4. The number of halogens is 2. The van der Waals surface area contributed by atoms with E-state index in [-0.39, 0.29) is 17.2 Å². The number of aryl methyl sites for hydroxylation is 1. The number of benzene rings is 1. The van der Waals surface area contributed by atoms with E-state index in [4.69, 9.17) is 9.84 Å². The summed E-state index contributed by atoms with van der Waals surface area (Å²) in [5.41, 5.74) is 0.380. The maximum absolute atomic E-state index is 13.4. The molecule has 0 spiro atoms. The van der Waals surface area contributed by atoms with Crippen LogP contribution < -0.4 is 4.74 Å². The zero-order valence-electron chi connectivity index (χ0n) is 9.85. The van der Waals surface area contributed by atoms with Crippen molar-refractivity contribution in [3.05, 3.63) is 51.9 Å². The van der Waals surface area contributed by atoms with Gasteiger partial charge in [-0.05, 0) is 40.5 Å². The van der Waals surface area contributed by atoms with E-state index in [1.807, 2.05) is 0 Å². The smallest absolute Gasteiger partial charge is 0.341 e. The molecular weight excluding hydrogens is 317 g/mol. The minimum absolute atomic E-state index is 0.0843. The number of nitrogens with zero attached hydrogens (tertiary/aromatic N) is 1. The van der Waals surface area contributed by atoms with Gasteiger partial charge in [0.1, 0.15) is 17.1 Å². The molecule has 0 unspecified atom stereocenters. The minimum Gasteiger partial charge on any atom is -0.477 e. The maximum atomic E-state index is 13.4. The van der Waals surface area contributed by atoms with Gasteiger partial charge in [-0.1, -0.05) is 6.07 Å². The van der Waals surface area contributed by atoms with E-state index in [2.05, 4.69) is 20.9 Å². The summed E-state index contributed by atoms with van der Waals surface area (Å²) in [7, 11) is 0. The minimum atomic E-state index is -1.17. The van der Waals surface area contributed by atoms with Gasteiger partial charge in [0, 0.05) is 16.7 Å². The van der Waals surface area contributed by atoms with E-state index < -0.39 is 11.8 Å². The fourth-order valence-corrected chi connectivity index (χ4v) is 1.74. The molecule has 2 aromatic rings. The third-order valence-corrected chi connectivity index (χ3v) is 2.84. The number of ether oxygens (including phenoxy) is 1. The van der Waals surface area contributed by atoms with E-state index in [9.17, 15) is 9.18 Å². The van der Waals surface area contributed by atoms with Gasteiger partial charge in [0.05, 0.1) is 0 Å². The molecule has 0 aliphatic heterocycles. The van der Waals surface area contributed by atoms with Crippen molar-refractivity contribution in [1.29, 1.82) is 0 Å². The van der Waals surface area contributed by atoms with Crippen molar-refractivity contribution < 1.29 is 19.0 Å². The molecule has 0 bridgehead atoms. The number of rotatable bonds is 3. The summed E-state index contributed by atoms with van der Waals surface area (Å²) < 4.78 is 19.2. The Morgan fingerprint density at radius 3 is 2.79 bits per heavy atom. The molecule has 19 heavy (non-hydrogen) atoms. The van der Waals surface area contributed by atoms with Crippen molar-refractivity contribution in [3.8, 4) is 11.6 Å². The van der Waals surface area contributed by atoms with Gasteiger partial charge in [0.2, 0.25) is 5.88 Å². The van der Waals surface area contributed by atoms with Crippen LogP contribution in [-0.2, 0) is 0 Å². The van der Waals surface area contributed by atoms with Crippen molar-refractivity contribution >= 4 is 21.9 Å². The van der Waals surface area contributed by atoms with E-state index in [1.54, 1.807) is 19.1 Å². The fraction of sp³-hybridized carbons (Fsp3) is 0.0769. The second-order valence-corrected chi connectivity index (χ2v) is 4.74. The predicted octanol–water partition coefficient (Wildman–Crippen LogP) is 3.78. The summed E-state index contributed by atoms with van der Waals surface area (Å²) in [6, 6.07) is 5.65. The Morgan fingerprint density at radius 2 is 2.16 bits per heavy atom. The number of aromatic carboxylic acids is 1. The highest BCUT2D eigenvalue weighted by atomic mass is 79.9. The monoisotopic (exact) mass is 325 g/mol. The molecule has 1 aromatic heterocycles. The van der Waals surface area contributed by atoms with Gasteiger partial charge in [-0.2, -0.15) is 0 Å². The van der Waals surface area contributed by atoms with E-state index in [1.165, 1.54) is 18.3 Å². The van der Waals surface area contributed by atoms with Crippen molar-refractivity contribution in [2.75, 3.05) is 0 Å². The molecular formula is C13H9BrFNO3. The molecule has 4 nitrogen and oxygen atoms in total. The van der Waals surface area contributed by atoms with Crippen molar-refractivity contribution in [2.24, 2.45) is 0 Å². The molecule has 98 valence electrons. The SMILES string of the molecule is Cc1ccc(Oc2ncc(Br)cc2C(=O)O)cc1F. The lowest BCUT2D eigenvalue weighted by atomic mass is 10.2. The van der Waals surface area contributed by atoms with Crippen LogP contribution in [0.15, 0.2) is 34.9 Å². The van der Waals surface area contributed by atoms with Gasteiger partial charge in [-0.25, -0.2) is 14.2 Å². The third-order valence-electron chi connectivity index (χ3n) is 2.41. The Morgan fingerprint density at radius 1 is 1.42 bits per heavy atom. The van der Waals surface area contributed by atoms with Gasteiger partial charge >= 0.3 is 5.97 Å². The molecule has 0 atom stereocenters. The Balaban J connectivity index is 2.37.